The summed E-state index contributed by atoms with van der Waals surface area (Å²) in [6.07, 6.45) is 0. The van der Waals surface area contributed by atoms with Gasteiger partial charge in [-0.3, -0.25) is 0 Å². The van der Waals surface area contributed by atoms with E-state index in [1.165, 1.54) is 11.1 Å². The third kappa shape index (κ3) is 2.72. The highest BCUT2D eigenvalue weighted by Gasteiger charge is 1.99. The number of anilines is 2. The van der Waals surface area contributed by atoms with E-state index in [0.717, 1.165) is 29.0 Å². The summed E-state index contributed by atoms with van der Waals surface area (Å²) in [6.45, 7) is 2.87. The second kappa shape index (κ2) is 5.21. The van der Waals surface area contributed by atoms with E-state index in [-0.39, 0.29) is 0 Å². The molecule has 1 heterocycles. The fraction of sp³-hybridized carbons (Fsp3) is 0.118. The van der Waals surface area contributed by atoms with Gasteiger partial charge in [0, 0.05) is 17.6 Å². The largest absolute Gasteiger partial charge is 0.399 e. The first kappa shape index (κ1) is 12.5. The van der Waals surface area contributed by atoms with Crippen molar-refractivity contribution >= 4 is 22.4 Å². The minimum atomic E-state index is 0.764. The zero-order valence-electron chi connectivity index (χ0n) is 11.4. The highest BCUT2D eigenvalue weighted by atomic mass is 15.0. The fourth-order valence-corrected chi connectivity index (χ4v) is 2.26. The van der Waals surface area contributed by atoms with Crippen molar-refractivity contribution in [1.29, 1.82) is 0 Å². The van der Waals surface area contributed by atoms with Gasteiger partial charge in [-0.25, -0.2) is 4.98 Å². The Kier molecular flexibility index (Phi) is 3.25. The maximum atomic E-state index is 5.77. The quantitative estimate of drug-likeness (QED) is 0.708. The van der Waals surface area contributed by atoms with Crippen molar-refractivity contribution in [1.82, 2.24) is 4.98 Å². The first-order valence-electron chi connectivity index (χ1n) is 6.66. The predicted octanol–water partition coefficient (Wildman–Crippen LogP) is 3.74. The van der Waals surface area contributed by atoms with Gasteiger partial charge < -0.3 is 11.1 Å². The Labute approximate surface area is 118 Å². The molecule has 100 valence electrons. The molecule has 3 N–H and O–H groups in total. The van der Waals surface area contributed by atoms with Gasteiger partial charge in [-0.05, 0) is 42.8 Å². The van der Waals surface area contributed by atoms with Gasteiger partial charge in [0.15, 0.2) is 0 Å². The van der Waals surface area contributed by atoms with Crippen LogP contribution in [0, 0.1) is 6.92 Å². The van der Waals surface area contributed by atoms with Gasteiger partial charge in [-0.1, -0.05) is 29.8 Å². The van der Waals surface area contributed by atoms with E-state index in [0.29, 0.717) is 0 Å². The lowest BCUT2D eigenvalue weighted by Gasteiger charge is -2.08. The summed E-state index contributed by atoms with van der Waals surface area (Å²) in [5.41, 5.74) is 10.0. The minimum Gasteiger partial charge on any atom is -0.399 e. The Morgan fingerprint density at radius 3 is 2.80 bits per heavy atom. The molecular formula is C17H17N3. The number of rotatable bonds is 3. The fourth-order valence-electron chi connectivity index (χ4n) is 2.26. The first-order chi connectivity index (χ1) is 9.70. The Morgan fingerprint density at radius 1 is 1.05 bits per heavy atom. The predicted molar refractivity (Wildman–Crippen MR) is 84.7 cm³/mol. The number of nitrogens with zero attached hydrogens (tertiary/aromatic N) is 1. The van der Waals surface area contributed by atoms with Crippen LogP contribution in [0.4, 0.5) is 11.5 Å². The zero-order chi connectivity index (χ0) is 13.9. The third-order valence-corrected chi connectivity index (χ3v) is 3.27. The monoisotopic (exact) mass is 263 g/mol. The van der Waals surface area contributed by atoms with E-state index in [1.54, 1.807) is 0 Å². The molecule has 0 atom stereocenters. The highest BCUT2D eigenvalue weighted by Crippen LogP contribution is 2.18. The van der Waals surface area contributed by atoms with Crippen molar-refractivity contribution in [3.63, 3.8) is 0 Å². The number of nitrogen functional groups attached to an aromatic ring is 1. The number of nitrogens with two attached hydrogens (primary N) is 1. The van der Waals surface area contributed by atoms with Crippen molar-refractivity contribution in [2.24, 2.45) is 0 Å². The summed E-state index contributed by atoms with van der Waals surface area (Å²) >= 11 is 0. The van der Waals surface area contributed by atoms with Crippen LogP contribution in [-0.2, 0) is 6.54 Å². The molecule has 3 aromatic rings. The van der Waals surface area contributed by atoms with E-state index in [9.17, 15) is 0 Å². The van der Waals surface area contributed by atoms with Gasteiger partial charge >= 0.3 is 0 Å². The van der Waals surface area contributed by atoms with Gasteiger partial charge in [0.1, 0.15) is 5.82 Å². The summed E-state index contributed by atoms with van der Waals surface area (Å²) in [5, 5.41) is 4.41. The van der Waals surface area contributed by atoms with Crippen LogP contribution in [0.5, 0.6) is 0 Å². The molecule has 0 spiro atoms. The molecule has 0 radical (unpaired) electrons. The van der Waals surface area contributed by atoms with Crippen LogP contribution >= 0.6 is 0 Å². The molecule has 0 saturated carbocycles. The smallest absolute Gasteiger partial charge is 0.126 e. The zero-order valence-corrected chi connectivity index (χ0v) is 11.4. The van der Waals surface area contributed by atoms with Crippen LogP contribution in [0.2, 0.25) is 0 Å². The van der Waals surface area contributed by atoms with Crippen molar-refractivity contribution in [2.75, 3.05) is 11.1 Å². The lowest BCUT2D eigenvalue weighted by Crippen LogP contribution is -2.01. The number of benzene rings is 2. The molecule has 0 aliphatic rings. The van der Waals surface area contributed by atoms with Gasteiger partial charge in [0.05, 0.1) is 5.52 Å². The summed E-state index contributed by atoms with van der Waals surface area (Å²) in [7, 11) is 0. The summed E-state index contributed by atoms with van der Waals surface area (Å²) in [5.74, 6) is 0.878. The molecule has 0 aliphatic carbocycles. The topological polar surface area (TPSA) is 50.9 Å². The number of fused-ring (bicyclic) bond motifs is 1. The standard InChI is InChI=1S/C17H17N3/c1-12-3-2-4-13(9-12)11-19-17-8-5-14-10-15(18)6-7-16(14)20-17/h2-10H,11,18H2,1H3,(H,19,20). The van der Waals surface area contributed by atoms with Crippen LogP contribution in [-0.4, -0.2) is 4.98 Å². The molecule has 0 fully saturated rings. The number of pyridine rings is 1. The molecule has 3 rings (SSSR count). The van der Waals surface area contributed by atoms with Crippen LogP contribution in [0.15, 0.2) is 54.6 Å². The van der Waals surface area contributed by atoms with Crippen LogP contribution in [0.3, 0.4) is 0 Å². The molecule has 20 heavy (non-hydrogen) atoms. The molecule has 1 aromatic heterocycles. The number of nitrogens with one attached hydrogen (secondary N) is 1. The average Bonchev–Trinajstić information content (AvgIpc) is 2.45. The number of aryl methyl sites for hydroxylation is 1. The van der Waals surface area contributed by atoms with E-state index in [2.05, 4.69) is 41.5 Å². The summed E-state index contributed by atoms with van der Waals surface area (Å²) in [6, 6.07) is 18.2. The summed E-state index contributed by atoms with van der Waals surface area (Å²) in [4.78, 5) is 4.59. The SMILES string of the molecule is Cc1cccc(CNc2ccc3cc(N)ccc3n2)c1. The average molecular weight is 263 g/mol. The van der Waals surface area contributed by atoms with Crippen molar-refractivity contribution in [3.8, 4) is 0 Å². The maximum absolute atomic E-state index is 5.77. The minimum absolute atomic E-state index is 0.764. The van der Waals surface area contributed by atoms with Gasteiger partial charge in [0.2, 0.25) is 0 Å². The molecule has 0 aliphatic heterocycles. The Bertz CT molecular complexity index is 750. The van der Waals surface area contributed by atoms with Gasteiger partial charge in [-0.15, -0.1) is 0 Å². The molecule has 3 heteroatoms. The van der Waals surface area contributed by atoms with Crippen molar-refractivity contribution < 1.29 is 0 Å². The van der Waals surface area contributed by atoms with Crippen molar-refractivity contribution in [2.45, 2.75) is 13.5 Å². The molecule has 0 saturated heterocycles. The number of hydrogen-bond acceptors (Lipinski definition) is 3. The van der Waals surface area contributed by atoms with Gasteiger partial charge in [0.25, 0.3) is 0 Å². The first-order valence-corrected chi connectivity index (χ1v) is 6.66. The van der Waals surface area contributed by atoms with E-state index in [4.69, 9.17) is 5.73 Å². The van der Waals surface area contributed by atoms with E-state index in [1.807, 2.05) is 30.3 Å². The molecule has 0 amide bonds. The Morgan fingerprint density at radius 2 is 1.95 bits per heavy atom. The van der Waals surface area contributed by atoms with Crippen LogP contribution in [0.1, 0.15) is 11.1 Å². The van der Waals surface area contributed by atoms with Crippen LogP contribution in [0.25, 0.3) is 10.9 Å². The molecule has 0 unspecified atom stereocenters. The van der Waals surface area contributed by atoms with E-state index < -0.39 is 0 Å². The highest BCUT2D eigenvalue weighted by molar-refractivity contribution is 5.83. The third-order valence-electron chi connectivity index (χ3n) is 3.27. The normalized spacial score (nSPS) is 10.7. The molecular weight excluding hydrogens is 246 g/mol. The van der Waals surface area contributed by atoms with Crippen molar-refractivity contribution in [3.05, 3.63) is 65.7 Å². The summed E-state index contributed by atoms with van der Waals surface area (Å²) < 4.78 is 0. The molecule has 0 bridgehead atoms. The number of hydrogen-bond donors (Lipinski definition) is 2. The second-order valence-electron chi connectivity index (χ2n) is 4.99. The van der Waals surface area contributed by atoms with Gasteiger partial charge in [-0.2, -0.15) is 0 Å². The maximum Gasteiger partial charge on any atom is 0.126 e. The lowest BCUT2D eigenvalue weighted by atomic mass is 10.1. The molecule has 3 nitrogen and oxygen atoms in total. The Hall–Kier alpha value is -2.55. The second-order valence-corrected chi connectivity index (χ2v) is 4.99. The lowest BCUT2D eigenvalue weighted by molar-refractivity contribution is 1.12. The molecule has 2 aromatic carbocycles. The number of aromatic nitrogens is 1. The van der Waals surface area contributed by atoms with Crippen LogP contribution < -0.4 is 11.1 Å². The Balaban J connectivity index is 1.79. The van der Waals surface area contributed by atoms with E-state index >= 15 is 0 Å².